The molecule has 2 aromatic carbocycles. The van der Waals surface area contributed by atoms with E-state index in [4.69, 9.17) is 0 Å². The van der Waals surface area contributed by atoms with Crippen LogP contribution in [0.5, 0.6) is 0 Å². The molecule has 1 fully saturated rings. The van der Waals surface area contributed by atoms with Gasteiger partial charge in [0.05, 0.1) is 0 Å². The first-order valence-electron chi connectivity index (χ1n) is 11.6. The first-order chi connectivity index (χ1) is 15.6. The van der Waals surface area contributed by atoms with E-state index in [1.165, 1.54) is 27.3 Å². The van der Waals surface area contributed by atoms with Crippen molar-refractivity contribution in [3.63, 3.8) is 0 Å². The molecule has 0 aliphatic carbocycles. The highest BCUT2D eigenvalue weighted by molar-refractivity contribution is 7.11. The van der Waals surface area contributed by atoms with Gasteiger partial charge in [-0.2, -0.15) is 0 Å². The van der Waals surface area contributed by atoms with Gasteiger partial charge in [0.15, 0.2) is 0 Å². The predicted octanol–water partition coefficient (Wildman–Crippen LogP) is 5.58. The van der Waals surface area contributed by atoms with E-state index < -0.39 is 0 Å². The minimum absolute atomic E-state index is 0.0602. The quantitative estimate of drug-likeness (QED) is 0.514. The largest absolute Gasteiger partial charge is 0.322 e. The van der Waals surface area contributed by atoms with Gasteiger partial charge in [0, 0.05) is 47.2 Å². The van der Waals surface area contributed by atoms with Crippen molar-refractivity contribution in [2.24, 2.45) is 0 Å². The molecule has 1 aromatic heterocycles. The van der Waals surface area contributed by atoms with Crippen LogP contribution in [0.1, 0.15) is 44.6 Å². The lowest BCUT2D eigenvalue weighted by Crippen LogP contribution is -2.30. The lowest BCUT2D eigenvalue weighted by molar-refractivity contribution is 0.102. The van der Waals surface area contributed by atoms with Crippen LogP contribution >= 0.6 is 11.3 Å². The van der Waals surface area contributed by atoms with E-state index >= 15 is 0 Å². The maximum atomic E-state index is 12.6. The SMILES string of the molecule is CCc1ccc(NC(=O)c2ccc(CN3CCCN(Cc4ccc(C)s4)CC3)cc2)cc1. The van der Waals surface area contributed by atoms with Crippen LogP contribution in [-0.4, -0.2) is 41.9 Å². The average molecular weight is 448 g/mol. The summed E-state index contributed by atoms with van der Waals surface area (Å²) in [4.78, 5) is 20.5. The third kappa shape index (κ3) is 6.28. The number of hydrogen-bond donors (Lipinski definition) is 1. The Morgan fingerprint density at radius 1 is 0.844 bits per heavy atom. The first-order valence-corrected chi connectivity index (χ1v) is 12.4. The zero-order chi connectivity index (χ0) is 22.3. The molecule has 0 atom stereocenters. The van der Waals surface area contributed by atoms with Crippen molar-refractivity contribution in [3.05, 3.63) is 87.1 Å². The predicted molar refractivity (Wildman–Crippen MR) is 134 cm³/mol. The van der Waals surface area contributed by atoms with E-state index in [1.54, 1.807) is 0 Å². The second-order valence-corrected chi connectivity index (χ2v) is 9.99. The molecule has 0 saturated carbocycles. The molecule has 1 aliphatic heterocycles. The number of carbonyl (C=O) groups excluding carboxylic acids is 1. The summed E-state index contributed by atoms with van der Waals surface area (Å²) in [5.74, 6) is -0.0602. The second-order valence-electron chi connectivity index (χ2n) is 8.62. The van der Waals surface area contributed by atoms with Crippen molar-refractivity contribution in [3.8, 4) is 0 Å². The van der Waals surface area contributed by atoms with Crippen LogP contribution in [0.4, 0.5) is 5.69 Å². The molecular weight excluding hydrogens is 414 g/mol. The average Bonchev–Trinajstić information content (AvgIpc) is 3.09. The molecule has 1 aliphatic rings. The third-order valence-electron chi connectivity index (χ3n) is 6.10. The number of anilines is 1. The van der Waals surface area contributed by atoms with E-state index in [9.17, 15) is 4.79 Å². The summed E-state index contributed by atoms with van der Waals surface area (Å²) in [7, 11) is 0. The Bertz CT molecular complexity index is 1010. The molecule has 0 unspecified atom stereocenters. The van der Waals surface area contributed by atoms with Crippen molar-refractivity contribution >= 4 is 22.9 Å². The van der Waals surface area contributed by atoms with Gasteiger partial charge in [0.2, 0.25) is 0 Å². The number of benzene rings is 2. The highest BCUT2D eigenvalue weighted by atomic mass is 32.1. The molecular formula is C27H33N3OS. The van der Waals surface area contributed by atoms with Gasteiger partial charge in [-0.3, -0.25) is 14.6 Å². The van der Waals surface area contributed by atoms with E-state index in [0.717, 1.165) is 51.4 Å². The van der Waals surface area contributed by atoms with Crippen LogP contribution in [0.25, 0.3) is 0 Å². The molecule has 4 rings (SSSR count). The Kier molecular flexibility index (Phi) is 7.74. The molecule has 168 valence electrons. The minimum atomic E-state index is -0.0602. The number of rotatable bonds is 7. The monoisotopic (exact) mass is 447 g/mol. The number of aryl methyl sites for hydroxylation is 2. The number of carbonyl (C=O) groups is 1. The van der Waals surface area contributed by atoms with E-state index in [-0.39, 0.29) is 5.91 Å². The summed E-state index contributed by atoms with van der Waals surface area (Å²) in [6.07, 6.45) is 2.20. The topological polar surface area (TPSA) is 35.6 Å². The third-order valence-corrected chi connectivity index (χ3v) is 7.08. The van der Waals surface area contributed by atoms with Gasteiger partial charge in [0.1, 0.15) is 0 Å². The highest BCUT2D eigenvalue weighted by Gasteiger charge is 2.16. The Hall–Kier alpha value is -2.47. The molecule has 0 radical (unpaired) electrons. The molecule has 1 saturated heterocycles. The summed E-state index contributed by atoms with van der Waals surface area (Å²) in [5.41, 5.74) is 4.06. The Morgan fingerprint density at radius 2 is 1.50 bits per heavy atom. The molecule has 1 N–H and O–H groups in total. The molecule has 5 heteroatoms. The Labute approximate surface area is 195 Å². The first kappa shape index (κ1) is 22.7. The van der Waals surface area contributed by atoms with Gasteiger partial charge >= 0.3 is 0 Å². The van der Waals surface area contributed by atoms with Crippen LogP contribution in [-0.2, 0) is 19.5 Å². The van der Waals surface area contributed by atoms with Crippen molar-refractivity contribution in [1.82, 2.24) is 9.80 Å². The number of nitrogens with zero attached hydrogens (tertiary/aromatic N) is 2. The summed E-state index contributed by atoms with van der Waals surface area (Å²) in [6, 6.07) is 20.6. The molecule has 0 spiro atoms. The summed E-state index contributed by atoms with van der Waals surface area (Å²) >= 11 is 1.91. The standard InChI is InChI=1S/C27H33N3OS/c1-3-22-8-12-25(13-9-22)28-27(31)24-10-6-23(7-11-24)19-29-15-4-16-30(18-17-29)20-26-14-5-21(2)32-26/h5-14H,3-4,15-20H2,1-2H3,(H,28,31). The van der Waals surface area contributed by atoms with E-state index in [2.05, 4.69) is 65.4 Å². The van der Waals surface area contributed by atoms with Gasteiger partial charge in [-0.1, -0.05) is 31.2 Å². The molecule has 4 nitrogen and oxygen atoms in total. The maximum absolute atomic E-state index is 12.6. The second kappa shape index (κ2) is 10.9. The molecule has 2 heterocycles. The fourth-order valence-corrected chi connectivity index (χ4v) is 5.11. The van der Waals surface area contributed by atoms with Crippen molar-refractivity contribution < 1.29 is 4.79 Å². The zero-order valence-electron chi connectivity index (χ0n) is 19.1. The lowest BCUT2D eigenvalue weighted by atomic mass is 10.1. The lowest BCUT2D eigenvalue weighted by Gasteiger charge is -2.21. The number of thiophene rings is 1. The molecule has 32 heavy (non-hydrogen) atoms. The molecule has 0 bridgehead atoms. The highest BCUT2D eigenvalue weighted by Crippen LogP contribution is 2.19. The van der Waals surface area contributed by atoms with Gasteiger partial charge in [0.25, 0.3) is 5.91 Å². The number of hydrogen-bond acceptors (Lipinski definition) is 4. The Morgan fingerprint density at radius 3 is 2.12 bits per heavy atom. The summed E-state index contributed by atoms with van der Waals surface area (Å²) < 4.78 is 0. The van der Waals surface area contributed by atoms with E-state index in [0.29, 0.717) is 5.56 Å². The van der Waals surface area contributed by atoms with Crippen molar-refractivity contribution in [1.29, 1.82) is 0 Å². The maximum Gasteiger partial charge on any atom is 0.255 e. The molecule has 3 aromatic rings. The van der Waals surface area contributed by atoms with Crippen LogP contribution < -0.4 is 5.32 Å². The minimum Gasteiger partial charge on any atom is -0.322 e. The van der Waals surface area contributed by atoms with Crippen molar-refractivity contribution in [2.75, 3.05) is 31.5 Å². The van der Waals surface area contributed by atoms with Gasteiger partial charge < -0.3 is 5.32 Å². The van der Waals surface area contributed by atoms with Crippen LogP contribution in [0.2, 0.25) is 0 Å². The fraction of sp³-hybridized carbons (Fsp3) is 0.370. The summed E-state index contributed by atoms with van der Waals surface area (Å²) in [6.45, 7) is 10.8. The smallest absolute Gasteiger partial charge is 0.255 e. The van der Waals surface area contributed by atoms with Crippen LogP contribution in [0, 0.1) is 6.92 Å². The fourth-order valence-electron chi connectivity index (χ4n) is 4.18. The normalized spacial score (nSPS) is 15.4. The van der Waals surface area contributed by atoms with Crippen molar-refractivity contribution in [2.45, 2.75) is 39.8 Å². The number of amides is 1. The van der Waals surface area contributed by atoms with Gasteiger partial charge in [-0.15, -0.1) is 11.3 Å². The molecule has 1 amide bonds. The van der Waals surface area contributed by atoms with Crippen LogP contribution in [0.15, 0.2) is 60.7 Å². The Balaban J connectivity index is 1.27. The van der Waals surface area contributed by atoms with Gasteiger partial charge in [-0.25, -0.2) is 0 Å². The summed E-state index contributed by atoms with van der Waals surface area (Å²) in [5, 5.41) is 2.99. The van der Waals surface area contributed by atoms with E-state index in [1.807, 2.05) is 35.6 Å². The number of nitrogens with one attached hydrogen (secondary N) is 1. The zero-order valence-corrected chi connectivity index (χ0v) is 20.0. The van der Waals surface area contributed by atoms with Crippen LogP contribution in [0.3, 0.4) is 0 Å². The van der Waals surface area contributed by atoms with Gasteiger partial charge in [-0.05, 0) is 80.4 Å².